The fourth-order valence-corrected chi connectivity index (χ4v) is 0. The summed E-state index contributed by atoms with van der Waals surface area (Å²) in [5.74, 6) is 0. The molecule has 96 valence electrons. The van der Waals surface area contributed by atoms with E-state index >= 15 is 0 Å². The van der Waals surface area contributed by atoms with Crippen LogP contribution < -0.4 is 29.4 Å². The molecule has 0 aliphatic carbocycles. The van der Waals surface area contributed by atoms with Crippen molar-refractivity contribution in [2.24, 2.45) is 0 Å². The van der Waals surface area contributed by atoms with Crippen LogP contribution in [0, 0.1) is 0 Å². The van der Waals surface area contributed by atoms with Gasteiger partial charge in [0, 0.05) is 0 Å². The Balaban J connectivity index is -0.0000000277. The molecule has 2 N–H and O–H groups in total. The van der Waals surface area contributed by atoms with Gasteiger partial charge >= 0.3 is 89.5 Å². The topological polar surface area (TPSA) is 247 Å². The molecule has 0 aliphatic heterocycles. The third-order valence-corrected chi connectivity index (χ3v) is 0. The zero-order valence-corrected chi connectivity index (χ0v) is 21.1. The summed E-state index contributed by atoms with van der Waals surface area (Å²) >= 11 is -5.52. The van der Waals surface area contributed by atoms with Gasteiger partial charge in [0.25, 0.3) is 0 Å². The van der Waals surface area contributed by atoms with E-state index in [0.29, 0.717) is 0 Å². The monoisotopic (exact) mass is 546 g/mol. The van der Waals surface area contributed by atoms with Gasteiger partial charge in [-0.05, 0) is 0 Å². The first-order valence-corrected chi connectivity index (χ1v) is 8.51. The van der Waals surface area contributed by atoms with Crippen molar-refractivity contribution in [3.63, 3.8) is 0 Å². The van der Waals surface area contributed by atoms with E-state index in [9.17, 15) is 0 Å². The average molecular weight is 548 g/mol. The van der Waals surface area contributed by atoms with Gasteiger partial charge in [-0.1, -0.05) is 0 Å². The minimum atomic E-state index is -5.52. The molecule has 0 fully saturated rings. The molecule has 0 saturated heterocycles. The molecular weight excluding hydrogens is 546 g/mol. The second-order valence-electron chi connectivity index (χ2n) is 1.34. The van der Waals surface area contributed by atoms with Crippen molar-refractivity contribution in [1.82, 2.24) is 0 Å². The Hall–Kier alpha value is 2.30. The van der Waals surface area contributed by atoms with Crippen LogP contribution in [0.25, 0.3) is 0 Å². The van der Waals surface area contributed by atoms with Gasteiger partial charge in [0.15, 0.2) is 0 Å². The smallest absolute Gasteiger partial charge is 2.00 e. The van der Waals surface area contributed by atoms with Crippen molar-refractivity contribution in [2.75, 3.05) is 0 Å². The van der Waals surface area contributed by atoms with Gasteiger partial charge in [0.05, 0.1) is 0 Å². The van der Waals surface area contributed by atoms with Crippen LogP contribution in [0.15, 0.2) is 0 Å². The SMILES string of the molecule is O=P([O-])([O-])[O-].O=P([O-])([O-])[O-].[O]=[Mo](=[O])([OH])[OH].[Zn+2].[Zn+2].[Zn+2]. The molecular formula is H2MoO12P2Zn3. The molecule has 0 radical (unpaired) electrons. The average Bonchev–Trinajstić information content (AvgIpc) is 1.41. The third kappa shape index (κ3) is 1040. The van der Waals surface area contributed by atoms with Crippen LogP contribution in [0.1, 0.15) is 0 Å². The third-order valence-electron chi connectivity index (χ3n) is 0. The van der Waals surface area contributed by atoms with Crippen LogP contribution in [0.5, 0.6) is 0 Å². The van der Waals surface area contributed by atoms with Gasteiger partial charge in [0.1, 0.15) is 0 Å². The molecule has 0 atom stereocenters. The minimum Gasteiger partial charge on any atom is 2.00 e. The maximum Gasteiger partial charge on any atom is 2.00 e. The van der Waals surface area contributed by atoms with E-state index in [-0.39, 0.29) is 58.4 Å². The van der Waals surface area contributed by atoms with Crippen molar-refractivity contribution in [3.05, 3.63) is 0 Å². The maximum atomic E-state index is 8.85. The van der Waals surface area contributed by atoms with E-state index in [0.717, 1.165) is 0 Å². The van der Waals surface area contributed by atoms with Crippen LogP contribution >= 0.6 is 15.6 Å². The van der Waals surface area contributed by atoms with E-state index in [2.05, 4.69) is 0 Å². The number of hydrogen-bond donors (Lipinski definition) is 2. The fourth-order valence-electron chi connectivity index (χ4n) is 0. The van der Waals surface area contributed by atoms with E-state index < -0.39 is 32.4 Å². The quantitative estimate of drug-likeness (QED) is 0.212. The Morgan fingerprint density at radius 2 is 0.667 bits per heavy atom. The normalized spacial score (nSPS) is 9.78. The zero-order valence-electron chi connectivity index (χ0n) is 8.40. The Labute approximate surface area is 142 Å². The predicted octanol–water partition coefficient (Wildman–Crippen LogP) is -7.01. The summed E-state index contributed by atoms with van der Waals surface area (Å²) in [4.78, 5) is 51.3. The molecule has 0 bridgehead atoms. The Bertz CT molecular complexity index is 290. The molecule has 0 aromatic carbocycles. The van der Waals surface area contributed by atoms with E-state index in [4.69, 9.17) is 52.8 Å². The number of rotatable bonds is 0. The summed E-state index contributed by atoms with van der Waals surface area (Å²) in [6.07, 6.45) is 0. The van der Waals surface area contributed by atoms with Crippen LogP contribution in [0.3, 0.4) is 0 Å². The summed E-state index contributed by atoms with van der Waals surface area (Å²) in [6, 6.07) is 0. The van der Waals surface area contributed by atoms with Crippen molar-refractivity contribution in [3.8, 4) is 0 Å². The standard InChI is InChI=1S/Mo.2H3O4P.2H2O.2O.3Zn/c;2*1-5(2,3)4;;;;;;;/h;2*(H3,1,2,3,4);2*1H2;;;;;/q+2;;;;;;;3*+2/p-8. The van der Waals surface area contributed by atoms with Crippen molar-refractivity contribution < 1.29 is 128 Å². The van der Waals surface area contributed by atoms with Crippen LogP contribution in [-0.2, 0) is 91.1 Å². The van der Waals surface area contributed by atoms with Gasteiger partial charge in [-0.15, -0.1) is 0 Å². The molecule has 18 heavy (non-hydrogen) atoms. The molecule has 0 aromatic heterocycles. The molecule has 18 heteroatoms. The Morgan fingerprint density at radius 1 is 0.667 bits per heavy atom. The number of phosphoric acid groups is 2. The predicted molar refractivity (Wildman–Crippen MR) is 21.0 cm³/mol. The van der Waals surface area contributed by atoms with E-state index in [1.54, 1.807) is 0 Å². The zero-order chi connectivity index (χ0) is 13.5. The van der Waals surface area contributed by atoms with Crippen LogP contribution in [-0.4, -0.2) is 7.52 Å². The van der Waals surface area contributed by atoms with Gasteiger partial charge in [-0.25, -0.2) is 0 Å². The van der Waals surface area contributed by atoms with Gasteiger partial charge in [-0.2, -0.15) is 15.6 Å². The van der Waals surface area contributed by atoms with E-state index in [1.165, 1.54) is 0 Å². The second kappa shape index (κ2) is 15.7. The van der Waals surface area contributed by atoms with Crippen molar-refractivity contribution in [1.29, 1.82) is 0 Å². The molecule has 0 unspecified atom stereocenters. The second-order valence-corrected chi connectivity index (χ2v) is 5.33. The summed E-state index contributed by atoms with van der Waals surface area (Å²) in [6.45, 7) is 0. The molecule has 0 spiro atoms. The summed E-state index contributed by atoms with van der Waals surface area (Å²) < 4.78 is 49.1. The molecule has 0 aliphatic rings. The van der Waals surface area contributed by atoms with Crippen LogP contribution in [0.4, 0.5) is 0 Å². The number of hydrogen-bond acceptors (Lipinski definition) is 10. The molecule has 0 heterocycles. The van der Waals surface area contributed by atoms with Gasteiger partial charge < -0.3 is 38.5 Å². The molecule has 0 aromatic rings. The fraction of sp³-hybridized carbons (Fsp3) is 0. The van der Waals surface area contributed by atoms with Crippen LogP contribution in [0.2, 0.25) is 0 Å². The van der Waals surface area contributed by atoms with Gasteiger partial charge in [-0.3, -0.25) is 0 Å². The Morgan fingerprint density at radius 3 is 0.667 bits per heavy atom. The summed E-state index contributed by atoms with van der Waals surface area (Å²) in [5, 5.41) is 0. The summed E-state index contributed by atoms with van der Waals surface area (Å²) in [5.41, 5.74) is 0. The first-order valence-electron chi connectivity index (χ1n) is 2.16. The van der Waals surface area contributed by atoms with Crippen molar-refractivity contribution >= 4 is 15.6 Å². The van der Waals surface area contributed by atoms with Crippen molar-refractivity contribution in [2.45, 2.75) is 0 Å². The van der Waals surface area contributed by atoms with Gasteiger partial charge in [0.2, 0.25) is 0 Å². The maximum absolute atomic E-state index is 8.85. The molecule has 0 saturated carbocycles. The van der Waals surface area contributed by atoms with E-state index in [1.807, 2.05) is 0 Å². The Kier molecular flexibility index (Phi) is 32.2. The molecule has 12 nitrogen and oxygen atoms in total. The molecule has 0 rings (SSSR count). The molecule has 0 amide bonds. The first-order chi connectivity index (χ1) is 6.00. The largest absolute Gasteiger partial charge is 2.00 e. The summed E-state index contributed by atoms with van der Waals surface area (Å²) in [7, 11) is -10.8. The minimum absolute atomic E-state index is 0. The first kappa shape index (κ1) is 37.0.